The normalized spacial score (nSPS) is 15.8. The first-order chi connectivity index (χ1) is 10.2. The Kier molecular flexibility index (Phi) is 4.11. The maximum Gasteiger partial charge on any atom is 0.125 e. The van der Waals surface area contributed by atoms with Crippen molar-refractivity contribution >= 4 is 5.57 Å². The highest BCUT2D eigenvalue weighted by molar-refractivity contribution is 5.66. The second-order valence-corrected chi connectivity index (χ2v) is 5.61. The molecule has 3 rings (SSSR count). The van der Waals surface area contributed by atoms with Crippen molar-refractivity contribution in [3.8, 4) is 0 Å². The first-order valence-corrected chi connectivity index (χ1v) is 7.48. The third-order valence-corrected chi connectivity index (χ3v) is 4.03. The average molecular weight is 279 g/mol. The summed E-state index contributed by atoms with van der Waals surface area (Å²) in [5, 5.41) is 0. The molecule has 0 N–H and O–H groups in total. The Balaban J connectivity index is 1.67. The smallest absolute Gasteiger partial charge is 0.125 e. The van der Waals surface area contributed by atoms with Crippen LogP contribution in [0.1, 0.15) is 29.1 Å². The lowest BCUT2D eigenvalue weighted by Crippen LogP contribution is -2.28. The highest BCUT2D eigenvalue weighted by atomic mass is 15.1. The SMILES string of the molecule is Cc1ncc(CN2CC=C(c3ccccc3)CC2)c(C)n1. The molecular weight excluding hydrogens is 258 g/mol. The molecule has 0 saturated carbocycles. The quantitative estimate of drug-likeness (QED) is 0.862. The Morgan fingerprint density at radius 3 is 2.62 bits per heavy atom. The van der Waals surface area contributed by atoms with Crippen molar-refractivity contribution in [1.29, 1.82) is 0 Å². The lowest BCUT2D eigenvalue weighted by atomic mass is 9.99. The molecule has 1 aromatic carbocycles. The molecule has 1 aliphatic rings. The Hall–Kier alpha value is -2.00. The van der Waals surface area contributed by atoms with Gasteiger partial charge in [0.15, 0.2) is 0 Å². The predicted octanol–water partition coefficient (Wildman–Crippen LogP) is 3.38. The summed E-state index contributed by atoms with van der Waals surface area (Å²) in [5.41, 5.74) is 5.15. The molecule has 2 aromatic rings. The molecule has 0 aliphatic carbocycles. The van der Waals surface area contributed by atoms with E-state index in [0.717, 1.165) is 37.6 Å². The number of aromatic nitrogens is 2. The lowest BCUT2D eigenvalue weighted by molar-refractivity contribution is 0.292. The molecule has 108 valence electrons. The first kappa shape index (κ1) is 14.0. The Bertz CT molecular complexity index is 647. The molecule has 3 nitrogen and oxygen atoms in total. The van der Waals surface area contributed by atoms with Gasteiger partial charge >= 0.3 is 0 Å². The van der Waals surface area contributed by atoms with Crippen LogP contribution in [-0.4, -0.2) is 28.0 Å². The number of hydrogen-bond donors (Lipinski definition) is 0. The van der Waals surface area contributed by atoms with Gasteiger partial charge in [0.2, 0.25) is 0 Å². The topological polar surface area (TPSA) is 29.0 Å². The highest BCUT2D eigenvalue weighted by Gasteiger charge is 2.14. The van der Waals surface area contributed by atoms with Gasteiger partial charge in [-0.2, -0.15) is 0 Å². The first-order valence-electron chi connectivity index (χ1n) is 7.48. The predicted molar refractivity (Wildman–Crippen MR) is 85.8 cm³/mol. The van der Waals surface area contributed by atoms with Crippen LogP contribution in [0.25, 0.3) is 5.57 Å². The van der Waals surface area contributed by atoms with Crippen molar-refractivity contribution in [2.75, 3.05) is 13.1 Å². The van der Waals surface area contributed by atoms with E-state index in [2.05, 4.69) is 58.2 Å². The maximum atomic E-state index is 4.45. The molecule has 0 spiro atoms. The molecule has 0 radical (unpaired) electrons. The average Bonchev–Trinajstić information content (AvgIpc) is 2.52. The van der Waals surface area contributed by atoms with E-state index in [1.165, 1.54) is 16.7 Å². The summed E-state index contributed by atoms with van der Waals surface area (Å²) >= 11 is 0. The van der Waals surface area contributed by atoms with Gasteiger partial charge in [-0.15, -0.1) is 0 Å². The summed E-state index contributed by atoms with van der Waals surface area (Å²) in [6.07, 6.45) is 5.42. The van der Waals surface area contributed by atoms with Crippen LogP contribution in [0, 0.1) is 13.8 Å². The van der Waals surface area contributed by atoms with E-state index in [-0.39, 0.29) is 0 Å². The van der Waals surface area contributed by atoms with Crippen LogP contribution in [0.2, 0.25) is 0 Å². The van der Waals surface area contributed by atoms with Gasteiger partial charge in [-0.1, -0.05) is 36.4 Å². The van der Waals surface area contributed by atoms with Gasteiger partial charge in [0.25, 0.3) is 0 Å². The summed E-state index contributed by atoms with van der Waals surface area (Å²) in [4.78, 5) is 11.2. The lowest BCUT2D eigenvalue weighted by Gasteiger charge is -2.26. The minimum atomic E-state index is 0.848. The third kappa shape index (κ3) is 3.37. The largest absolute Gasteiger partial charge is 0.295 e. The number of nitrogens with zero attached hydrogens (tertiary/aromatic N) is 3. The van der Waals surface area contributed by atoms with Gasteiger partial charge < -0.3 is 0 Å². The highest BCUT2D eigenvalue weighted by Crippen LogP contribution is 2.23. The number of aryl methyl sites for hydroxylation is 2. The monoisotopic (exact) mass is 279 g/mol. The zero-order valence-electron chi connectivity index (χ0n) is 12.7. The van der Waals surface area contributed by atoms with Gasteiger partial charge in [-0.25, -0.2) is 9.97 Å². The van der Waals surface area contributed by atoms with Crippen molar-refractivity contribution in [2.24, 2.45) is 0 Å². The van der Waals surface area contributed by atoms with E-state index in [4.69, 9.17) is 0 Å². The Labute approximate surface area is 126 Å². The Morgan fingerprint density at radius 2 is 1.95 bits per heavy atom. The second-order valence-electron chi connectivity index (χ2n) is 5.61. The number of benzene rings is 1. The second kappa shape index (κ2) is 6.19. The van der Waals surface area contributed by atoms with Crippen LogP contribution in [0.4, 0.5) is 0 Å². The van der Waals surface area contributed by atoms with Crippen molar-refractivity contribution in [3.63, 3.8) is 0 Å². The molecule has 0 atom stereocenters. The van der Waals surface area contributed by atoms with Crippen LogP contribution < -0.4 is 0 Å². The molecular formula is C18H21N3. The molecule has 0 fully saturated rings. The van der Waals surface area contributed by atoms with E-state index in [0.29, 0.717) is 0 Å². The fourth-order valence-electron chi connectivity index (χ4n) is 2.77. The van der Waals surface area contributed by atoms with Gasteiger partial charge in [0.1, 0.15) is 5.82 Å². The molecule has 0 bridgehead atoms. The summed E-state index contributed by atoms with van der Waals surface area (Å²) < 4.78 is 0. The van der Waals surface area contributed by atoms with E-state index in [1.54, 1.807) is 0 Å². The van der Waals surface area contributed by atoms with Crippen LogP contribution in [-0.2, 0) is 6.54 Å². The van der Waals surface area contributed by atoms with E-state index >= 15 is 0 Å². The van der Waals surface area contributed by atoms with Crippen molar-refractivity contribution in [2.45, 2.75) is 26.8 Å². The minimum Gasteiger partial charge on any atom is -0.295 e. The van der Waals surface area contributed by atoms with E-state index < -0.39 is 0 Å². The third-order valence-electron chi connectivity index (χ3n) is 4.03. The fourth-order valence-corrected chi connectivity index (χ4v) is 2.77. The molecule has 0 saturated heterocycles. The van der Waals surface area contributed by atoms with Crippen LogP contribution in [0.3, 0.4) is 0 Å². The number of rotatable bonds is 3. The van der Waals surface area contributed by atoms with Crippen LogP contribution in [0.15, 0.2) is 42.6 Å². The van der Waals surface area contributed by atoms with Crippen molar-refractivity contribution in [1.82, 2.24) is 14.9 Å². The van der Waals surface area contributed by atoms with E-state index in [1.807, 2.05) is 13.1 Å². The number of hydrogen-bond acceptors (Lipinski definition) is 3. The summed E-state index contributed by atoms with van der Waals surface area (Å²) in [7, 11) is 0. The standard InChI is InChI=1S/C18H21N3/c1-14-18(12-19-15(2)20-14)13-21-10-8-17(9-11-21)16-6-4-3-5-7-16/h3-8,12H,9-11,13H2,1-2H3. The summed E-state index contributed by atoms with van der Waals surface area (Å²) in [5.74, 6) is 0.848. The van der Waals surface area contributed by atoms with Gasteiger partial charge in [0.05, 0.1) is 0 Å². The molecule has 3 heteroatoms. The van der Waals surface area contributed by atoms with Gasteiger partial charge in [-0.05, 0) is 31.4 Å². The summed E-state index contributed by atoms with van der Waals surface area (Å²) in [6, 6.07) is 10.7. The van der Waals surface area contributed by atoms with Crippen molar-refractivity contribution < 1.29 is 0 Å². The van der Waals surface area contributed by atoms with Gasteiger partial charge in [-0.3, -0.25) is 4.90 Å². The molecule has 21 heavy (non-hydrogen) atoms. The molecule has 1 aliphatic heterocycles. The van der Waals surface area contributed by atoms with Crippen LogP contribution in [0.5, 0.6) is 0 Å². The zero-order chi connectivity index (χ0) is 14.7. The van der Waals surface area contributed by atoms with Crippen molar-refractivity contribution in [3.05, 3.63) is 65.2 Å². The van der Waals surface area contributed by atoms with Crippen LogP contribution >= 0.6 is 0 Å². The van der Waals surface area contributed by atoms with Gasteiger partial charge in [0, 0.05) is 37.1 Å². The molecule has 1 aromatic heterocycles. The molecule has 0 amide bonds. The maximum absolute atomic E-state index is 4.45. The molecule has 0 unspecified atom stereocenters. The minimum absolute atomic E-state index is 0.848. The Morgan fingerprint density at radius 1 is 1.14 bits per heavy atom. The summed E-state index contributed by atoms with van der Waals surface area (Å²) in [6.45, 7) is 7.03. The zero-order valence-corrected chi connectivity index (χ0v) is 12.7. The van der Waals surface area contributed by atoms with E-state index in [9.17, 15) is 0 Å². The molecule has 2 heterocycles. The fraction of sp³-hybridized carbons (Fsp3) is 0.333.